The lowest BCUT2D eigenvalue weighted by Gasteiger charge is -2.06. The smallest absolute Gasteiger partial charge is 0.196 e. The first kappa shape index (κ1) is 14.2. The Morgan fingerprint density at radius 1 is 1.15 bits per heavy atom. The Hall–Kier alpha value is -2.23. The Morgan fingerprint density at radius 2 is 1.80 bits per heavy atom. The number of nitrogen functional groups attached to an aromatic ring is 1. The third kappa shape index (κ3) is 2.85. The van der Waals surface area contributed by atoms with Crippen LogP contribution in [0.1, 0.15) is 34.8 Å². The fourth-order valence-electron chi connectivity index (χ4n) is 2.04. The summed E-state index contributed by atoms with van der Waals surface area (Å²) in [6, 6.07) is 8.60. The second-order valence-electron chi connectivity index (χ2n) is 4.63. The molecule has 0 bridgehead atoms. The fraction of sp³-hybridized carbons (Fsp3) is 0.188. The number of ketones is 1. The van der Waals surface area contributed by atoms with Crippen LogP contribution in [0, 0.1) is 11.6 Å². The molecule has 0 aliphatic heterocycles. The van der Waals surface area contributed by atoms with Crippen LogP contribution in [0.15, 0.2) is 36.4 Å². The maximum absolute atomic E-state index is 13.8. The molecule has 0 saturated heterocycles. The number of carbonyl (C=O) groups excluding carboxylic acids is 1. The van der Waals surface area contributed by atoms with Gasteiger partial charge in [-0.3, -0.25) is 4.79 Å². The summed E-state index contributed by atoms with van der Waals surface area (Å²) in [6.07, 6.45) is 1.91. The Balaban J connectivity index is 2.36. The Kier molecular flexibility index (Phi) is 4.13. The second-order valence-corrected chi connectivity index (χ2v) is 4.63. The van der Waals surface area contributed by atoms with E-state index in [4.69, 9.17) is 5.73 Å². The van der Waals surface area contributed by atoms with Gasteiger partial charge in [-0.1, -0.05) is 37.6 Å². The molecule has 0 aliphatic rings. The number of hydrogen-bond donors (Lipinski definition) is 1. The zero-order valence-electron chi connectivity index (χ0n) is 11.1. The molecule has 2 nitrogen and oxygen atoms in total. The van der Waals surface area contributed by atoms with Crippen molar-refractivity contribution in [3.63, 3.8) is 0 Å². The summed E-state index contributed by atoms with van der Waals surface area (Å²) in [4.78, 5) is 12.2. The molecule has 2 aromatic rings. The minimum absolute atomic E-state index is 0.314. The molecule has 0 amide bonds. The highest BCUT2D eigenvalue weighted by molar-refractivity contribution is 6.09. The zero-order chi connectivity index (χ0) is 14.7. The van der Waals surface area contributed by atoms with Crippen LogP contribution < -0.4 is 5.73 Å². The molecule has 20 heavy (non-hydrogen) atoms. The van der Waals surface area contributed by atoms with Crippen LogP contribution in [0.2, 0.25) is 0 Å². The van der Waals surface area contributed by atoms with Gasteiger partial charge in [0.2, 0.25) is 0 Å². The molecule has 2 aromatic carbocycles. The van der Waals surface area contributed by atoms with Crippen molar-refractivity contribution < 1.29 is 13.6 Å². The monoisotopic (exact) mass is 275 g/mol. The highest BCUT2D eigenvalue weighted by atomic mass is 19.1. The number of hydrogen-bond acceptors (Lipinski definition) is 2. The third-order valence-electron chi connectivity index (χ3n) is 3.06. The normalized spacial score (nSPS) is 10.6. The average molecular weight is 275 g/mol. The topological polar surface area (TPSA) is 43.1 Å². The van der Waals surface area contributed by atoms with Crippen molar-refractivity contribution in [3.05, 3.63) is 64.7 Å². The molecule has 4 heteroatoms. The van der Waals surface area contributed by atoms with Crippen molar-refractivity contribution in [2.24, 2.45) is 0 Å². The number of rotatable bonds is 4. The molecule has 0 aliphatic carbocycles. The number of nitrogens with two attached hydrogens (primary N) is 1. The first-order valence-electron chi connectivity index (χ1n) is 6.41. The summed E-state index contributed by atoms with van der Waals surface area (Å²) < 4.78 is 27.1. The lowest BCUT2D eigenvalue weighted by atomic mass is 10.00. The molecule has 2 N–H and O–H groups in total. The van der Waals surface area contributed by atoms with E-state index in [1.807, 2.05) is 12.1 Å². The molecule has 0 unspecified atom stereocenters. The van der Waals surface area contributed by atoms with Crippen LogP contribution in [0.4, 0.5) is 14.5 Å². The number of halogens is 2. The second kappa shape index (κ2) is 5.82. The molecule has 0 spiro atoms. The van der Waals surface area contributed by atoms with Crippen molar-refractivity contribution in [2.45, 2.75) is 19.8 Å². The van der Waals surface area contributed by atoms with Crippen LogP contribution in [0.25, 0.3) is 0 Å². The summed E-state index contributed by atoms with van der Waals surface area (Å²) in [5.41, 5.74) is 6.04. The summed E-state index contributed by atoms with van der Waals surface area (Å²) >= 11 is 0. The third-order valence-corrected chi connectivity index (χ3v) is 3.06. The van der Waals surface area contributed by atoms with Gasteiger partial charge < -0.3 is 5.73 Å². The summed E-state index contributed by atoms with van der Waals surface area (Å²) in [5, 5.41) is 0. The van der Waals surface area contributed by atoms with Crippen molar-refractivity contribution in [1.29, 1.82) is 0 Å². The quantitative estimate of drug-likeness (QED) is 0.682. The average Bonchev–Trinajstić information content (AvgIpc) is 2.43. The largest absolute Gasteiger partial charge is 0.396 e. The molecule has 0 radical (unpaired) electrons. The SMILES string of the molecule is CCCc1ccc(C(=O)c2cc(F)cc(N)c2F)cc1. The van der Waals surface area contributed by atoms with Gasteiger partial charge in [-0.15, -0.1) is 0 Å². The lowest BCUT2D eigenvalue weighted by Crippen LogP contribution is -2.07. The number of benzene rings is 2. The van der Waals surface area contributed by atoms with Gasteiger partial charge in [0.05, 0.1) is 11.3 Å². The first-order chi connectivity index (χ1) is 9.52. The molecule has 0 saturated carbocycles. The Bertz CT molecular complexity index is 636. The molecule has 0 atom stereocenters. The minimum atomic E-state index is -0.881. The van der Waals surface area contributed by atoms with E-state index in [1.165, 1.54) is 0 Å². The molecule has 2 rings (SSSR count). The maximum Gasteiger partial charge on any atom is 0.196 e. The zero-order valence-corrected chi connectivity index (χ0v) is 11.1. The molecule has 0 heterocycles. The van der Waals surface area contributed by atoms with Crippen LogP contribution in [-0.2, 0) is 6.42 Å². The van der Waals surface area contributed by atoms with Gasteiger partial charge >= 0.3 is 0 Å². The van der Waals surface area contributed by atoms with E-state index in [2.05, 4.69) is 6.92 Å². The maximum atomic E-state index is 13.8. The predicted molar refractivity (Wildman–Crippen MR) is 74.6 cm³/mol. The number of anilines is 1. The standard InChI is InChI=1S/C16H15F2NO/c1-2-3-10-4-6-11(7-5-10)16(20)13-8-12(17)9-14(19)15(13)18/h4-9H,2-3,19H2,1H3. The van der Waals surface area contributed by atoms with E-state index < -0.39 is 17.4 Å². The molecule has 0 fully saturated rings. The number of carbonyl (C=O) groups is 1. The molecular formula is C16H15F2NO. The minimum Gasteiger partial charge on any atom is -0.396 e. The van der Waals surface area contributed by atoms with Gasteiger partial charge in [-0.2, -0.15) is 0 Å². The van der Waals surface area contributed by atoms with Crippen LogP contribution in [0.5, 0.6) is 0 Å². The molecule has 0 aromatic heterocycles. The molecule has 104 valence electrons. The van der Waals surface area contributed by atoms with Crippen LogP contribution in [-0.4, -0.2) is 5.78 Å². The Morgan fingerprint density at radius 3 is 2.40 bits per heavy atom. The van der Waals surface area contributed by atoms with Crippen molar-refractivity contribution in [2.75, 3.05) is 5.73 Å². The van der Waals surface area contributed by atoms with E-state index in [1.54, 1.807) is 12.1 Å². The highest BCUT2D eigenvalue weighted by Gasteiger charge is 2.17. The number of aryl methyl sites for hydroxylation is 1. The van der Waals surface area contributed by atoms with Gasteiger partial charge in [0, 0.05) is 5.56 Å². The van der Waals surface area contributed by atoms with Gasteiger partial charge in [0.25, 0.3) is 0 Å². The van der Waals surface area contributed by atoms with E-state index in [-0.39, 0.29) is 11.3 Å². The van der Waals surface area contributed by atoms with Gasteiger partial charge in [0.15, 0.2) is 11.6 Å². The van der Waals surface area contributed by atoms with Gasteiger partial charge in [0.1, 0.15) is 5.82 Å². The van der Waals surface area contributed by atoms with E-state index in [0.29, 0.717) is 5.56 Å². The Labute approximate surface area is 116 Å². The van der Waals surface area contributed by atoms with Crippen molar-refractivity contribution in [1.82, 2.24) is 0 Å². The molecular weight excluding hydrogens is 260 g/mol. The van der Waals surface area contributed by atoms with Crippen molar-refractivity contribution >= 4 is 11.5 Å². The predicted octanol–water partition coefficient (Wildman–Crippen LogP) is 3.73. The van der Waals surface area contributed by atoms with Crippen LogP contribution >= 0.6 is 0 Å². The lowest BCUT2D eigenvalue weighted by molar-refractivity contribution is 0.103. The van der Waals surface area contributed by atoms with Gasteiger partial charge in [-0.05, 0) is 24.1 Å². The van der Waals surface area contributed by atoms with E-state index in [9.17, 15) is 13.6 Å². The van der Waals surface area contributed by atoms with Crippen molar-refractivity contribution in [3.8, 4) is 0 Å². The van der Waals surface area contributed by atoms with E-state index in [0.717, 1.165) is 30.5 Å². The van der Waals surface area contributed by atoms with Crippen LogP contribution in [0.3, 0.4) is 0 Å². The fourth-order valence-corrected chi connectivity index (χ4v) is 2.04. The summed E-state index contributed by atoms with van der Waals surface area (Å²) in [7, 11) is 0. The summed E-state index contributed by atoms with van der Waals surface area (Å²) in [6.45, 7) is 2.06. The summed E-state index contributed by atoms with van der Waals surface area (Å²) in [5.74, 6) is -2.18. The first-order valence-corrected chi connectivity index (χ1v) is 6.41. The van der Waals surface area contributed by atoms with Gasteiger partial charge in [-0.25, -0.2) is 8.78 Å². The highest BCUT2D eigenvalue weighted by Crippen LogP contribution is 2.21. The van der Waals surface area contributed by atoms with E-state index >= 15 is 0 Å².